The van der Waals surface area contributed by atoms with Gasteiger partial charge in [0.05, 0.1) is 12.8 Å². The molecule has 1 aliphatic heterocycles. The number of nitrogens with two attached hydrogens (primary N) is 1. The number of hydrogen-bond acceptors (Lipinski definition) is 10. The Morgan fingerprint density at radius 3 is 1.53 bits per heavy atom. The number of amides is 1. The van der Waals surface area contributed by atoms with Crippen molar-refractivity contribution >= 4 is 41.7 Å². The number of aliphatic hydroxyl groups is 1. The summed E-state index contributed by atoms with van der Waals surface area (Å²) >= 11 is 0. The van der Waals surface area contributed by atoms with E-state index in [4.69, 9.17) is 36.1 Å². The standard InChI is InChI=1S/C7H9NO5.C4H2O3.C3H7NO2.C2H4O2.CH4O/c9-5(1-2-6(10)11)8-4-3-7(12)13;5-3-1-2-4(6)7-3;4-2-1-3(5)6;1-2(3)4;1-2/h1-2H,3-4H2,(H,8,9)(H,10,11)(H,12,13);1-2H;1-2,4H2,(H,5,6);1H3,(H,3,4);2H,1H3/b2-1-;;;;. The molecule has 0 aromatic rings. The first-order chi connectivity index (χ1) is 14.8. The lowest BCUT2D eigenvalue weighted by Gasteiger charge is -1.96. The predicted octanol–water partition coefficient (Wildman–Crippen LogP) is -2.04. The summed E-state index contributed by atoms with van der Waals surface area (Å²) in [6.45, 7) is 1.30. The first-order valence-corrected chi connectivity index (χ1v) is 8.22. The molecule has 0 saturated heterocycles. The molecule has 1 aliphatic rings. The number of carboxylic acid groups (broad SMARTS) is 4. The zero-order valence-electron chi connectivity index (χ0n) is 17.2. The number of carboxylic acids is 4. The molecule has 182 valence electrons. The third-order valence-corrected chi connectivity index (χ3v) is 1.93. The van der Waals surface area contributed by atoms with Crippen LogP contribution in [0.25, 0.3) is 0 Å². The van der Waals surface area contributed by atoms with Crippen molar-refractivity contribution < 1.29 is 63.8 Å². The van der Waals surface area contributed by atoms with Crippen molar-refractivity contribution in [2.45, 2.75) is 19.8 Å². The van der Waals surface area contributed by atoms with Crippen LogP contribution in [0.5, 0.6) is 0 Å². The van der Waals surface area contributed by atoms with E-state index in [2.05, 4.69) is 10.1 Å². The minimum absolute atomic E-state index is 0.0157. The zero-order chi connectivity index (χ0) is 26.1. The van der Waals surface area contributed by atoms with Crippen LogP contribution in [0.3, 0.4) is 0 Å². The fourth-order valence-electron chi connectivity index (χ4n) is 0.925. The number of ether oxygens (including phenoxy) is 1. The van der Waals surface area contributed by atoms with Crippen LogP contribution in [0.15, 0.2) is 24.3 Å². The highest BCUT2D eigenvalue weighted by Gasteiger charge is 2.10. The summed E-state index contributed by atoms with van der Waals surface area (Å²) in [5.41, 5.74) is 4.85. The number of carbonyl (C=O) groups is 7. The number of aliphatic carboxylic acids is 4. The molecule has 1 heterocycles. The fourth-order valence-corrected chi connectivity index (χ4v) is 0.925. The maximum absolute atomic E-state index is 10.7. The van der Waals surface area contributed by atoms with Crippen molar-refractivity contribution in [3.8, 4) is 0 Å². The molecule has 1 amide bonds. The summed E-state index contributed by atoms with van der Waals surface area (Å²) < 4.78 is 3.97. The van der Waals surface area contributed by atoms with Crippen LogP contribution in [-0.4, -0.2) is 87.5 Å². The molecule has 0 aromatic heterocycles. The second-order valence-electron chi connectivity index (χ2n) is 4.63. The van der Waals surface area contributed by atoms with E-state index >= 15 is 0 Å². The van der Waals surface area contributed by atoms with Gasteiger partial charge in [0.25, 0.3) is 5.97 Å². The van der Waals surface area contributed by atoms with E-state index in [9.17, 15) is 28.8 Å². The molecule has 1 rings (SSSR count). The zero-order valence-corrected chi connectivity index (χ0v) is 17.2. The van der Waals surface area contributed by atoms with Crippen LogP contribution < -0.4 is 11.1 Å². The smallest absolute Gasteiger partial charge is 0.338 e. The van der Waals surface area contributed by atoms with E-state index in [1.54, 1.807) is 0 Å². The SMILES string of the molecule is CC(=O)O.CO.NCCC(=O)O.O=C(O)/C=C\C(=O)NCCC(=O)O.O=C1C=CC(=O)O1. The molecule has 0 fully saturated rings. The van der Waals surface area contributed by atoms with Crippen molar-refractivity contribution in [1.29, 1.82) is 0 Å². The van der Waals surface area contributed by atoms with Crippen LogP contribution in [0.1, 0.15) is 19.8 Å². The van der Waals surface area contributed by atoms with E-state index in [1.807, 2.05) is 0 Å². The second-order valence-corrected chi connectivity index (χ2v) is 4.63. The van der Waals surface area contributed by atoms with Gasteiger partial charge in [-0.1, -0.05) is 0 Å². The van der Waals surface area contributed by atoms with Gasteiger partial charge in [-0.3, -0.25) is 19.2 Å². The maximum atomic E-state index is 10.7. The maximum Gasteiger partial charge on any atom is 0.338 e. The molecule has 0 radical (unpaired) electrons. The lowest BCUT2D eigenvalue weighted by atomic mass is 10.4. The number of cyclic esters (lactones) is 2. The lowest BCUT2D eigenvalue weighted by molar-refractivity contribution is -0.150. The average Bonchev–Trinajstić information content (AvgIpc) is 3.04. The Hall–Kier alpha value is -4.11. The Labute approximate surface area is 181 Å². The number of carbonyl (C=O) groups excluding carboxylic acids is 3. The predicted molar refractivity (Wildman–Crippen MR) is 105 cm³/mol. The highest BCUT2D eigenvalue weighted by Crippen LogP contribution is 1.92. The van der Waals surface area contributed by atoms with Gasteiger partial charge in [-0.25, -0.2) is 14.4 Å². The molecule has 0 atom stereocenters. The van der Waals surface area contributed by atoms with Crippen LogP contribution in [-0.2, 0) is 38.3 Å². The molecular formula is C17H26N2O13. The molecule has 15 nitrogen and oxygen atoms in total. The van der Waals surface area contributed by atoms with Gasteiger partial charge in [-0.05, 0) is 0 Å². The molecule has 0 aromatic carbocycles. The quantitative estimate of drug-likeness (QED) is 0.121. The highest BCUT2D eigenvalue weighted by molar-refractivity contribution is 6.04. The fraction of sp³-hybridized carbons (Fsp3) is 0.353. The van der Waals surface area contributed by atoms with Crippen molar-refractivity contribution in [1.82, 2.24) is 5.32 Å². The van der Waals surface area contributed by atoms with Crippen LogP contribution in [0, 0.1) is 0 Å². The summed E-state index contributed by atoms with van der Waals surface area (Å²) in [6, 6.07) is 0. The van der Waals surface area contributed by atoms with Crippen LogP contribution >= 0.6 is 0 Å². The third-order valence-electron chi connectivity index (χ3n) is 1.93. The third kappa shape index (κ3) is 44.9. The van der Waals surface area contributed by atoms with Gasteiger partial charge in [0, 0.05) is 51.4 Å². The molecule has 0 bridgehead atoms. The van der Waals surface area contributed by atoms with Gasteiger partial charge in [0.2, 0.25) is 5.91 Å². The summed E-state index contributed by atoms with van der Waals surface area (Å²) in [7, 11) is 1.00. The van der Waals surface area contributed by atoms with Crippen molar-refractivity contribution in [3.05, 3.63) is 24.3 Å². The number of esters is 2. The summed E-state index contributed by atoms with van der Waals surface area (Å²) in [5.74, 6) is -5.70. The van der Waals surface area contributed by atoms with Gasteiger partial charge in [0.15, 0.2) is 0 Å². The van der Waals surface area contributed by atoms with Gasteiger partial charge >= 0.3 is 29.8 Å². The Morgan fingerprint density at radius 2 is 1.31 bits per heavy atom. The van der Waals surface area contributed by atoms with Gasteiger partial charge in [0.1, 0.15) is 0 Å². The molecule has 0 saturated carbocycles. The van der Waals surface area contributed by atoms with E-state index in [1.165, 1.54) is 0 Å². The topological polar surface area (TPSA) is 268 Å². The van der Waals surface area contributed by atoms with E-state index in [0.29, 0.717) is 6.08 Å². The molecule has 0 aliphatic carbocycles. The molecule has 32 heavy (non-hydrogen) atoms. The molecular weight excluding hydrogens is 440 g/mol. The number of aliphatic hydroxyl groups excluding tert-OH is 1. The normalized spacial score (nSPS) is 10.4. The van der Waals surface area contributed by atoms with Crippen LogP contribution in [0.4, 0.5) is 0 Å². The van der Waals surface area contributed by atoms with Crippen molar-refractivity contribution in [2.24, 2.45) is 5.73 Å². The van der Waals surface area contributed by atoms with Gasteiger partial charge in [-0.2, -0.15) is 0 Å². The first-order valence-electron chi connectivity index (χ1n) is 8.22. The largest absolute Gasteiger partial charge is 0.481 e. The Morgan fingerprint density at radius 1 is 0.906 bits per heavy atom. The Bertz CT molecular complexity index is 664. The summed E-state index contributed by atoms with van der Waals surface area (Å²) in [6.07, 6.45) is 3.55. The average molecular weight is 466 g/mol. The van der Waals surface area contributed by atoms with E-state index < -0.39 is 41.7 Å². The molecule has 8 N–H and O–H groups in total. The lowest BCUT2D eigenvalue weighted by Crippen LogP contribution is -2.24. The minimum Gasteiger partial charge on any atom is -0.481 e. The van der Waals surface area contributed by atoms with E-state index in [-0.39, 0.29) is 25.9 Å². The molecule has 0 spiro atoms. The van der Waals surface area contributed by atoms with Crippen molar-refractivity contribution in [2.75, 3.05) is 20.2 Å². The highest BCUT2D eigenvalue weighted by atomic mass is 16.6. The van der Waals surface area contributed by atoms with Crippen molar-refractivity contribution in [3.63, 3.8) is 0 Å². The van der Waals surface area contributed by atoms with Crippen LogP contribution in [0.2, 0.25) is 0 Å². The van der Waals surface area contributed by atoms with Gasteiger partial charge < -0.3 is 41.3 Å². The summed E-state index contributed by atoms with van der Waals surface area (Å²) in [5, 5.41) is 40.7. The monoisotopic (exact) mass is 466 g/mol. The number of hydrogen-bond donors (Lipinski definition) is 7. The second kappa shape index (κ2) is 24.9. The summed E-state index contributed by atoms with van der Waals surface area (Å²) in [4.78, 5) is 68.9. The minimum atomic E-state index is -1.23. The first kappa shape index (κ1) is 35.3. The Balaban J connectivity index is -0.000000174. The number of rotatable bonds is 7. The number of nitrogens with one attached hydrogen (secondary N) is 1. The molecule has 0 unspecified atom stereocenters. The Kier molecular flexibility index (Phi) is 27.5. The van der Waals surface area contributed by atoms with E-state index in [0.717, 1.165) is 32.3 Å². The van der Waals surface area contributed by atoms with Gasteiger partial charge in [-0.15, -0.1) is 0 Å². The molecule has 15 heteroatoms.